The van der Waals surface area contributed by atoms with Gasteiger partial charge >= 0.3 is 0 Å². The van der Waals surface area contributed by atoms with Crippen molar-refractivity contribution in [2.24, 2.45) is 0 Å². The Morgan fingerprint density at radius 2 is 1.95 bits per heavy atom. The van der Waals surface area contributed by atoms with Crippen LogP contribution in [-0.2, 0) is 0 Å². The molecule has 0 saturated carbocycles. The van der Waals surface area contributed by atoms with Gasteiger partial charge < -0.3 is 5.32 Å². The van der Waals surface area contributed by atoms with Crippen LogP contribution in [-0.4, -0.2) is 16.4 Å². The van der Waals surface area contributed by atoms with Gasteiger partial charge in [-0.15, -0.1) is 0 Å². The number of carbonyl (C=O) groups excluding carboxylic acids is 1. The van der Waals surface area contributed by atoms with Gasteiger partial charge in [0.05, 0.1) is 0 Å². The fraction of sp³-hybridized carbons (Fsp3) is 0.333. The van der Waals surface area contributed by atoms with Crippen LogP contribution in [0.5, 0.6) is 0 Å². The summed E-state index contributed by atoms with van der Waals surface area (Å²) in [5, 5.41) is 4.82. The number of nitrogens with one attached hydrogen (secondary N) is 1. The van der Waals surface area contributed by atoms with E-state index in [-0.39, 0.29) is 11.4 Å². The van der Waals surface area contributed by atoms with Gasteiger partial charge in [0.1, 0.15) is 5.69 Å². The lowest BCUT2D eigenvalue weighted by atomic mass is 10.0. The van der Waals surface area contributed by atoms with E-state index in [0.717, 1.165) is 20.8 Å². The topological polar surface area (TPSA) is 42.0 Å². The second-order valence-electron chi connectivity index (χ2n) is 5.71. The van der Waals surface area contributed by atoms with E-state index in [2.05, 4.69) is 26.2 Å². The van der Waals surface area contributed by atoms with Crippen molar-refractivity contribution >= 4 is 32.6 Å². The van der Waals surface area contributed by atoms with E-state index in [1.807, 2.05) is 45.9 Å². The molecule has 1 heterocycles. The second-order valence-corrected chi connectivity index (χ2v) is 6.56. The third kappa shape index (κ3) is 3.13. The number of fused-ring (bicyclic) bond motifs is 1. The summed E-state index contributed by atoms with van der Waals surface area (Å²) in [5.74, 6) is -0.143. The van der Waals surface area contributed by atoms with Gasteiger partial charge in [0.25, 0.3) is 5.91 Å². The van der Waals surface area contributed by atoms with Crippen molar-refractivity contribution < 1.29 is 4.79 Å². The molecule has 0 unspecified atom stereocenters. The molecule has 100 valence electrons. The number of nitrogens with zero attached hydrogens (tertiary/aromatic N) is 1. The highest BCUT2D eigenvalue weighted by atomic mass is 79.9. The zero-order valence-electron chi connectivity index (χ0n) is 11.5. The molecule has 1 aromatic carbocycles. The first-order valence-electron chi connectivity index (χ1n) is 6.15. The minimum absolute atomic E-state index is 0.143. The van der Waals surface area contributed by atoms with Gasteiger partial charge in [-0.25, -0.2) is 0 Å². The fourth-order valence-electron chi connectivity index (χ4n) is 1.96. The molecule has 0 bridgehead atoms. The van der Waals surface area contributed by atoms with Crippen molar-refractivity contribution in [2.45, 2.75) is 33.2 Å². The standard InChI is InChI=1S/C15H17BrN2O/c1-9-7-11-10(12(16)8-9)5-6-17-13(11)14(19)18-15(2,3)4/h5-8H,1-4H3,(H,18,19). The number of hydrogen-bond acceptors (Lipinski definition) is 2. The van der Waals surface area contributed by atoms with Gasteiger partial charge in [0.2, 0.25) is 0 Å². The van der Waals surface area contributed by atoms with Crippen LogP contribution >= 0.6 is 15.9 Å². The Kier molecular flexibility index (Phi) is 3.63. The van der Waals surface area contributed by atoms with Crippen molar-refractivity contribution in [3.8, 4) is 0 Å². The minimum Gasteiger partial charge on any atom is -0.346 e. The summed E-state index contributed by atoms with van der Waals surface area (Å²) >= 11 is 3.53. The Balaban J connectivity index is 2.58. The van der Waals surface area contributed by atoms with Crippen LogP contribution in [0.15, 0.2) is 28.9 Å². The van der Waals surface area contributed by atoms with Crippen molar-refractivity contribution in [3.63, 3.8) is 0 Å². The first-order chi connectivity index (χ1) is 8.78. The molecule has 0 atom stereocenters. The van der Waals surface area contributed by atoms with Crippen LogP contribution in [0.4, 0.5) is 0 Å². The summed E-state index contributed by atoms with van der Waals surface area (Å²) in [7, 11) is 0. The molecule has 1 N–H and O–H groups in total. The summed E-state index contributed by atoms with van der Waals surface area (Å²) in [6.45, 7) is 7.87. The Morgan fingerprint density at radius 3 is 2.58 bits per heavy atom. The molecule has 4 heteroatoms. The van der Waals surface area contributed by atoms with E-state index in [9.17, 15) is 4.79 Å². The molecule has 1 aromatic heterocycles. The molecule has 0 saturated heterocycles. The lowest BCUT2D eigenvalue weighted by Gasteiger charge is -2.20. The molecule has 0 spiro atoms. The molecule has 19 heavy (non-hydrogen) atoms. The van der Waals surface area contributed by atoms with Crippen LogP contribution in [0, 0.1) is 6.92 Å². The summed E-state index contributed by atoms with van der Waals surface area (Å²) in [5.41, 5.74) is 1.29. The Bertz CT molecular complexity index is 644. The van der Waals surface area contributed by atoms with E-state index in [1.54, 1.807) is 6.20 Å². The maximum absolute atomic E-state index is 12.3. The average Bonchev–Trinajstić information content (AvgIpc) is 2.25. The Morgan fingerprint density at radius 1 is 1.26 bits per heavy atom. The SMILES string of the molecule is Cc1cc(Br)c2ccnc(C(=O)NC(C)(C)C)c2c1. The summed E-state index contributed by atoms with van der Waals surface area (Å²) < 4.78 is 0.981. The molecular formula is C15H17BrN2O. The molecule has 2 rings (SSSR count). The number of aryl methyl sites for hydroxylation is 1. The molecule has 0 aliphatic carbocycles. The van der Waals surface area contributed by atoms with Gasteiger partial charge in [-0.3, -0.25) is 9.78 Å². The maximum atomic E-state index is 12.3. The zero-order chi connectivity index (χ0) is 14.2. The molecule has 1 amide bonds. The summed E-state index contributed by atoms with van der Waals surface area (Å²) in [6.07, 6.45) is 1.67. The first-order valence-corrected chi connectivity index (χ1v) is 6.94. The fourth-order valence-corrected chi connectivity index (χ4v) is 2.66. The number of amides is 1. The molecule has 0 aliphatic heterocycles. The van der Waals surface area contributed by atoms with Crippen LogP contribution < -0.4 is 5.32 Å². The van der Waals surface area contributed by atoms with Crippen LogP contribution in [0.2, 0.25) is 0 Å². The number of pyridine rings is 1. The number of benzene rings is 1. The quantitative estimate of drug-likeness (QED) is 0.867. The highest BCUT2D eigenvalue weighted by molar-refractivity contribution is 9.10. The molecule has 0 fully saturated rings. The minimum atomic E-state index is -0.276. The normalized spacial score (nSPS) is 11.6. The van der Waals surface area contributed by atoms with Gasteiger partial charge in [-0.2, -0.15) is 0 Å². The lowest BCUT2D eigenvalue weighted by Crippen LogP contribution is -2.41. The van der Waals surface area contributed by atoms with E-state index in [0.29, 0.717) is 5.69 Å². The molecule has 2 aromatic rings. The van der Waals surface area contributed by atoms with Crippen LogP contribution in [0.1, 0.15) is 36.8 Å². The highest BCUT2D eigenvalue weighted by Crippen LogP contribution is 2.27. The predicted octanol–water partition coefficient (Wildman–Crippen LogP) is 3.83. The number of rotatable bonds is 1. The van der Waals surface area contributed by atoms with Crippen molar-refractivity contribution in [1.82, 2.24) is 10.3 Å². The number of aromatic nitrogens is 1. The molecule has 3 nitrogen and oxygen atoms in total. The smallest absolute Gasteiger partial charge is 0.270 e. The van der Waals surface area contributed by atoms with E-state index < -0.39 is 0 Å². The molecular weight excluding hydrogens is 304 g/mol. The number of hydrogen-bond donors (Lipinski definition) is 1. The molecule has 0 radical (unpaired) electrons. The summed E-state index contributed by atoms with van der Waals surface area (Å²) in [4.78, 5) is 16.5. The van der Waals surface area contributed by atoms with Crippen LogP contribution in [0.25, 0.3) is 10.8 Å². The highest BCUT2D eigenvalue weighted by Gasteiger charge is 2.18. The zero-order valence-corrected chi connectivity index (χ0v) is 13.1. The Labute approximate surface area is 121 Å². The van der Waals surface area contributed by atoms with Crippen LogP contribution in [0.3, 0.4) is 0 Å². The lowest BCUT2D eigenvalue weighted by molar-refractivity contribution is 0.0916. The van der Waals surface area contributed by atoms with E-state index in [4.69, 9.17) is 0 Å². The van der Waals surface area contributed by atoms with Crippen molar-refractivity contribution in [3.05, 3.63) is 40.1 Å². The number of carbonyl (C=O) groups is 1. The summed E-state index contributed by atoms with van der Waals surface area (Å²) in [6, 6.07) is 5.94. The molecule has 0 aliphatic rings. The van der Waals surface area contributed by atoms with E-state index >= 15 is 0 Å². The van der Waals surface area contributed by atoms with Crippen molar-refractivity contribution in [1.29, 1.82) is 0 Å². The van der Waals surface area contributed by atoms with Gasteiger partial charge in [0.15, 0.2) is 0 Å². The Hall–Kier alpha value is -1.42. The van der Waals surface area contributed by atoms with Crippen molar-refractivity contribution in [2.75, 3.05) is 0 Å². The third-order valence-electron chi connectivity index (χ3n) is 2.68. The average molecular weight is 321 g/mol. The van der Waals surface area contributed by atoms with E-state index in [1.165, 1.54) is 0 Å². The first kappa shape index (κ1) is 14.0. The third-order valence-corrected chi connectivity index (χ3v) is 3.33. The van der Waals surface area contributed by atoms with Gasteiger partial charge in [-0.05, 0) is 56.8 Å². The van der Waals surface area contributed by atoms with Gasteiger partial charge in [-0.1, -0.05) is 15.9 Å². The second kappa shape index (κ2) is 4.93. The predicted molar refractivity (Wildman–Crippen MR) is 81.4 cm³/mol. The van der Waals surface area contributed by atoms with Gasteiger partial charge in [0, 0.05) is 21.6 Å². The maximum Gasteiger partial charge on any atom is 0.270 e. The monoisotopic (exact) mass is 320 g/mol. The largest absolute Gasteiger partial charge is 0.346 e. The number of halogens is 1.